The molecule has 0 atom stereocenters. The molecule has 76 heavy (non-hydrogen) atoms. The number of benzene rings is 8. The normalized spacial score (nSPS) is 11.7. The lowest BCUT2D eigenvalue weighted by molar-refractivity contribution is 0.267. The van der Waals surface area contributed by atoms with Crippen molar-refractivity contribution in [2.24, 2.45) is 0 Å². The van der Waals surface area contributed by atoms with Crippen LogP contribution in [-0.4, -0.2) is 32.6 Å². The van der Waals surface area contributed by atoms with Crippen molar-refractivity contribution in [2.45, 2.75) is 117 Å². The molecule has 0 spiro atoms. The van der Waals surface area contributed by atoms with E-state index in [0.29, 0.717) is 71.2 Å². The van der Waals surface area contributed by atoms with Gasteiger partial charge in [0.15, 0.2) is 0 Å². The number of aryl methyl sites for hydroxylation is 2. The van der Waals surface area contributed by atoms with Crippen molar-refractivity contribution in [2.75, 3.05) is 13.2 Å². The third-order valence-corrected chi connectivity index (χ3v) is 15.1. The van der Waals surface area contributed by atoms with Gasteiger partial charge in [-0.25, -0.2) is 8.78 Å². The third kappa shape index (κ3) is 11.2. The van der Waals surface area contributed by atoms with E-state index in [2.05, 4.69) is 83.6 Å². The average Bonchev–Trinajstić information content (AvgIpc) is 3.99. The highest BCUT2D eigenvalue weighted by Crippen LogP contribution is 2.46. The Kier molecular flexibility index (Phi) is 16.7. The average molecular weight is 1020 g/mol. The van der Waals surface area contributed by atoms with Crippen LogP contribution in [0.15, 0.2) is 158 Å². The quantitative estimate of drug-likeness (QED) is 0.0560. The number of phenolic OH excluding ortho intramolecular Hbond substituents is 2. The molecule has 10 rings (SSSR count). The van der Waals surface area contributed by atoms with Gasteiger partial charge in [-0.05, 0) is 135 Å². The highest BCUT2D eigenvalue weighted by atomic mass is 19.1. The molecule has 8 heteroatoms. The van der Waals surface area contributed by atoms with E-state index in [0.717, 1.165) is 93.3 Å². The van der Waals surface area contributed by atoms with Crippen molar-refractivity contribution in [3.63, 3.8) is 0 Å². The van der Waals surface area contributed by atoms with Gasteiger partial charge in [0.2, 0.25) is 0 Å². The molecule has 0 bridgehead atoms. The number of fused-ring (bicyclic) bond motifs is 6. The Morgan fingerprint density at radius 1 is 0.368 bits per heavy atom. The van der Waals surface area contributed by atoms with Crippen LogP contribution in [0.3, 0.4) is 0 Å². The zero-order valence-electron chi connectivity index (χ0n) is 44.1. The van der Waals surface area contributed by atoms with Crippen LogP contribution >= 0.6 is 0 Å². The molecular weight excluding hydrogens is 947 g/mol. The van der Waals surface area contributed by atoms with Crippen LogP contribution in [-0.2, 0) is 12.8 Å². The number of ether oxygens (including phenoxy) is 2. The fraction of sp³-hybridized carbons (Fsp3) is 0.294. The lowest BCUT2D eigenvalue weighted by Crippen LogP contribution is -2.05. The minimum absolute atomic E-state index is 0.0540. The Hall–Kier alpha value is -7.58. The van der Waals surface area contributed by atoms with Crippen molar-refractivity contribution < 1.29 is 28.5 Å². The van der Waals surface area contributed by atoms with Gasteiger partial charge in [0.25, 0.3) is 0 Å². The molecule has 0 aliphatic rings. The first-order chi connectivity index (χ1) is 37.3. The molecule has 0 fully saturated rings. The van der Waals surface area contributed by atoms with E-state index in [9.17, 15) is 10.2 Å². The number of halogens is 2. The molecule has 0 radical (unpaired) electrons. The molecular formula is C68H70F2N2O4. The topological polar surface area (TPSA) is 68.8 Å². The van der Waals surface area contributed by atoms with Crippen LogP contribution < -0.4 is 9.47 Å². The minimum atomic E-state index is -0.425. The minimum Gasteiger partial charge on any atom is -0.505 e. The fourth-order valence-electron chi connectivity index (χ4n) is 11.2. The second kappa shape index (κ2) is 24.4. The van der Waals surface area contributed by atoms with Gasteiger partial charge in [-0.15, -0.1) is 0 Å². The standard InChI is InChI=1S/C68H70F2N2O4/c1-3-5-7-9-11-13-25-47-41-57(67(73)63(43-47)71-59-31-19-15-27-51(59)52-28-16-20-32-60(52)71)55-45-49(69)35-37-65(55)75-39-23-24-40-76-66-38-36-50(70)46-56(66)58-42-48(26-14-12-10-8-6-4-2)44-64(68(58)74)72-61-33-21-17-29-53(61)54-30-18-22-34-62(54)72/h15-22,27-38,41-46,73-74H,3-14,23-26,39-40H2,1-2H3. The van der Waals surface area contributed by atoms with Crippen LogP contribution in [0.5, 0.6) is 23.0 Å². The van der Waals surface area contributed by atoms with Crippen LogP contribution in [0, 0.1) is 11.6 Å². The molecule has 0 unspecified atom stereocenters. The van der Waals surface area contributed by atoms with E-state index in [4.69, 9.17) is 9.47 Å². The Morgan fingerprint density at radius 2 is 0.711 bits per heavy atom. The van der Waals surface area contributed by atoms with Gasteiger partial charge in [-0.2, -0.15) is 0 Å². The Balaban J connectivity index is 0.900. The molecule has 0 aliphatic heterocycles. The summed E-state index contributed by atoms with van der Waals surface area (Å²) in [7, 11) is 0. The molecule has 0 amide bonds. The predicted octanol–water partition coefficient (Wildman–Crippen LogP) is 18.9. The Morgan fingerprint density at radius 3 is 1.08 bits per heavy atom. The molecule has 0 saturated heterocycles. The molecule has 2 aromatic heterocycles. The van der Waals surface area contributed by atoms with Gasteiger partial charge in [-0.1, -0.05) is 151 Å². The highest BCUT2D eigenvalue weighted by Gasteiger charge is 2.23. The van der Waals surface area contributed by atoms with Crippen molar-refractivity contribution >= 4 is 43.6 Å². The van der Waals surface area contributed by atoms with E-state index in [1.807, 2.05) is 60.7 Å². The molecule has 2 N–H and O–H groups in total. The van der Waals surface area contributed by atoms with E-state index >= 15 is 8.78 Å². The van der Waals surface area contributed by atoms with Gasteiger partial charge in [0.05, 0.1) is 46.7 Å². The van der Waals surface area contributed by atoms with Gasteiger partial charge in [-0.3, -0.25) is 0 Å². The van der Waals surface area contributed by atoms with Crippen molar-refractivity contribution in [1.29, 1.82) is 0 Å². The van der Waals surface area contributed by atoms with Gasteiger partial charge >= 0.3 is 0 Å². The van der Waals surface area contributed by atoms with E-state index in [1.54, 1.807) is 12.1 Å². The lowest BCUT2D eigenvalue weighted by atomic mass is 9.96. The number of para-hydroxylation sites is 4. The second-order valence-corrected chi connectivity index (χ2v) is 20.5. The number of aromatic nitrogens is 2. The summed E-state index contributed by atoms with van der Waals surface area (Å²) in [6.07, 6.45) is 16.7. The summed E-state index contributed by atoms with van der Waals surface area (Å²) in [6.45, 7) is 5.07. The van der Waals surface area contributed by atoms with Crippen molar-refractivity contribution in [3.8, 4) is 56.6 Å². The monoisotopic (exact) mass is 1020 g/mol. The zero-order valence-corrected chi connectivity index (χ0v) is 44.1. The summed E-state index contributed by atoms with van der Waals surface area (Å²) in [5, 5.41) is 29.2. The number of hydrogen-bond acceptors (Lipinski definition) is 4. The van der Waals surface area contributed by atoms with Gasteiger partial charge in [0, 0.05) is 43.8 Å². The summed E-state index contributed by atoms with van der Waals surface area (Å²) in [4.78, 5) is 0. The first kappa shape index (κ1) is 51.9. The number of rotatable bonds is 25. The highest BCUT2D eigenvalue weighted by molar-refractivity contribution is 6.10. The molecule has 390 valence electrons. The first-order valence-electron chi connectivity index (χ1n) is 27.9. The lowest BCUT2D eigenvalue weighted by Gasteiger charge is -2.19. The molecule has 10 aromatic rings. The number of hydrogen-bond donors (Lipinski definition) is 2. The maximum Gasteiger partial charge on any atom is 0.147 e. The molecule has 0 aliphatic carbocycles. The third-order valence-electron chi connectivity index (χ3n) is 15.1. The number of unbranched alkanes of at least 4 members (excludes halogenated alkanes) is 11. The largest absolute Gasteiger partial charge is 0.505 e. The smallest absolute Gasteiger partial charge is 0.147 e. The number of aromatic hydroxyl groups is 2. The maximum atomic E-state index is 15.4. The van der Waals surface area contributed by atoms with Crippen LogP contribution in [0.4, 0.5) is 8.78 Å². The summed E-state index contributed by atoms with van der Waals surface area (Å²) in [5.74, 6) is 0.200. The van der Waals surface area contributed by atoms with Crippen molar-refractivity contribution in [1.82, 2.24) is 9.13 Å². The molecule has 8 aromatic carbocycles. The number of nitrogens with zero attached hydrogens (tertiary/aromatic N) is 2. The Labute approximate surface area is 446 Å². The Bertz CT molecular complexity index is 3270. The summed E-state index contributed by atoms with van der Waals surface area (Å²) in [6, 6.07) is 50.2. The van der Waals surface area contributed by atoms with E-state index in [1.165, 1.54) is 75.6 Å². The first-order valence-corrected chi connectivity index (χ1v) is 27.9. The number of phenols is 2. The predicted molar refractivity (Wildman–Crippen MR) is 310 cm³/mol. The molecule has 6 nitrogen and oxygen atoms in total. The molecule has 2 heterocycles. The van der Waals surface area contributed by atoms with Gasteiger partial charge < -0.3 is 28.8 Å². The second-order valence-electron chi connectivity index (χ2n) is 20.5. The maximum absolute atomic E-state index is 15.4. The summed E-state index contributed by atoms with van der Waals surface area (Å²) >= 11 is 0. The van der Waals surface area contributed by atoms with Crippen molar-refractivity contribution in [3.05, 3.63) is 180 Å². The zero-order chi connectivity index (χ0) is 52.4. The van der Waals surface area contributed by atoms with Crippen LogP contribution in [0.2, 0.25) is 0 Å². The van der Waals surface area contributed by atoms with Gasteiger partial charge in [0.1, 0.15) is 34.6 Å². The SMILES string of the molecule is CCCCCCCCc1cc(-c2cc(F)ccc2OCCCCOc2ccc(F)cc2-c2cc(CCCCCCCC)cc(-n3c4ccccc4c4ccccc43)c2O)c(O)c(-n2c3ccccc3c3ccccc32)c1. The van der Waals surface area contributed by atoms with Crippen LogP contribution in [0.25, 0.3) is 77.2 Å². The van der Waals surface area contributed by atoms with Crippen LogP contribution in [0.1, 0.15) is 115 Å². The summed E-state index contributed by atoms with van der Waals surface area (Å²) in [5.41, 5.74) is 9.32. The van der Waals surface area contributed by atoms with E-state index < -0.39 is 11.6 Å². The summed E-state index contributed by atoms with van der Waals surface area (Å²) < 4.78 is 48.0. The van der Waals surface area contributed by atoms with E-state index in [-0.39, 0.29) is 11.5 Å². The molecule has 0 saturated carbocycles. The fourth-order valence-corrected chi connectivity index (χ4v) is 11.2.